The van der Waals surface area contributed by atoms with Crippen LogP contribution in [-0.4, -0.2) is 61.2 Å². The predicted octanol–water partition coefficient (Wildman–Crippen LogP) is 0.560. The Labute approximate surface area is 151 Å². The maximum atomic E-state index is 13.0. The molecule has 2 aromatic carbocycles. The number of carbonyl (C=O) groups excluding carboxylic acids is 2. The van der Waals surface area contributed by atoms with Crippen molar-refractivity contribution in [3.63, 3.8) is 0 Å². The second-order valence-electron chi connectivity index (χ2n) is 6.65. The summed E-state index contributed by atoms with van der Waals surface area (Å²) < 4.78 is 27.4. The molecule has 2 saturated heterocycles. The zero-order valence-corrected chi connectivity index (χ0v) is 15.1. The minimum Gasteiger partial charge on any atom is -0.343 e. The Kier molecular flexibility index (Phi) is 3.96. The molecule has 0 unspecified atom stereocenters. The average molecular weight is 373 g/mol. The van der Waals surface area contributed by atoms with E-state index < -0.39 is 22.1 Å². The normalized spacial score (nSPS) is 24.4. The van der Waals surface area contributed by atoms with Crippen molar-refractivity contribution in [2.45, 2.75) is 23.9 Å². The molecular formula is C18H19N3O4S. The number of rotatable bonds is 2. The lowest BCUT2D eigenvalue weighted by Crippen LogP contribution is -2.69. The molecule has 26 heavy (non-hydrogen) atoms. The lowest BCUT2D eigenvalue weighted by molar-refractivity contribution is -0.151. The van der Waals surface area contributed by atoms with E-state index in [1.807, 2.05) is 24.3 Å². The van der Waals surface area contributed by atoms with Gasteiger partial charge in [-0.3, -0.25) is 9.59 Å². The van der Waals surface area contributed by atoms with Crippen LogP contribution in [0.1, 0.15) is 6.92 Å². The number of hydrogen-bond donors (Lipinski definition) is 1. The Morgan fingerprint density at radius 1 is 1.04 bits per heavy atom. The van der Waals surface area contributed by atoms with Crippen LogP contribution in [0.4, 0.5) is 0 Å². The monoisotopic (exact) mass is 373 g/mol. The number of nitrogens with zero attached hydrogens (tertiary/aromatic N) is 2. The van der Waals surface area contributed by atoms with E-state index in [0.717, 1.165) is 10.8 Å². The van der Waals surface area contributed by atoms with Gasteiger partial charge in [-0.1, -0.05) is 30.3 Å². The third-order valence-corrected chi connectivity index (χ3v) is 6.88. The van der Waals surface area contributed by atoms with Gasteiger partial charge in [0.25, 0.3) is 0 Å². The Morgan fingerprint density at radius 3 is 2.54 bits per heavy atom. The van der Waals surface area contributed by atoms with Gasteiger partial charge in [0.1, 0.15) is 12.1 Å². The highest BCUT2D eigenvalue weighted by Gasteiger charge is 2.44. The van der Waals surface area contributed by atoms with Crippen LogP contribution in [0, 0.1) is 0 Å². The Hall–Kier alpha value is -2.45. The number of hydrogen-bond acceptors (Lipinski definition) is 4. The molecule has 2 aliphatic rings. The van der Waals surface area contributed by atoms with Gasteiger partial charge in [-0.2, -0.15) is 4.31 Å². The average Bonchev–Trinajstić information content (AvgIpc) is 2.65. The zero-order valence-electron chi connectivity index (χ0n) is 14.3. The van der Waals surface area contributed by atoms with Crippen molar-refractivity contribution >= 4 is 32.6 Å². The molecule has 2 amide bonds. The van der Waals surface area contributed by atoms with Crippen molar-refractivity contribution in [1.29, 1.82) is 0 Å². The van der Waals surface area contributed by atoms with E-state index in [2.05, 4.69) is 5.32 Å². The molecule has 1 N–H and O–H groups in total. The fraction of sp³-hybridized carbons (Fsp3) is 0.333. The Bertz CT molecular complexity index is 1000. The molecule has 2 aromatic rings. The number of amides is 2. The Balaban J connectivity index is 1.64. The van der Waals surface area contributed by atoms with Crippen LogP contribution >= 0.6 is 0 Å². The summed E-state index contributed by atoms with van der Waals surface area (Å²) in [5, 5.41) is 4.41. The van der Waals surface area contributed by atoms with Crippen molar-refractivity contribution in [2.24, 2.45) is 0 Å². The summed E-state index contributed by atoms with van der Waals surface area (Å²) in [4.78, 5) is 26.1. The molecule has 4 rings (SSSR count). The third kappa shape index (κ3) is 2.65. The number of benzene rings is 2. The summed E-state index contributed by atoms with van der Waals surface area (Å²) in [7, 11) is -3.74. The second-order valence-corrected chi connectivity index (χ2v) is 8.59. The predicted molar refractivity (Wildman–Crippen MR) is 95.8 cm³/mol. The first-order valence-electron chi connectivity index (χ1n) is 8.48. The van der Waals surface area contributed by atoms with E-state index >= 15 is 0 Å². The van der Waals surface area contributed by atoms with E-state index in [1.165, 1.54) is 9.21 Å². The summed E-state index contributed by atoms with van der Waals surface area (Å²) >= 11 is 0. The fourth-order valence-corrected chi connectivity index (χ4v) is 5.03. The lowest BCUT2D eigenvalue weighted by Gasteiger charge is -2.44. The highest BCUT2D eigenvalue weighted by Crippen LogP contribution is 2.25. The maximum absolute atomic E-state index is 13.0. The molecule has 0 spiro atoms. The van der Waals surface area contributed by atoms with Crippen LogP contribution in [-0.2, 0) is 19.6 Å². The largest absolute Gasteiger partial charge is 0.343 e. The van der Waals surface area contributed by atoms with Crippen molar-refractivity contribution in [3.05, 3.63) is 42.5 Å². The van der Waals surface area contributed by atoms with E-state index in [4.69, 9.17) is 0 Å². The topological polar surface area (TPSA) is 86.8 Å². The third-order valence-electron chi connectivity index (χ3n) is 5.02. The fourth-order valence-electron chi connectivity index (χ4n) is 3.56. The van der Waals surface area contributed by atoms with Crippen molar-refractivity contribution in [3.8, 4) is 0 Å². The molecule has 2 atom stereocenters. The molecule has 136 valence electrons. The second kappa shape index (κ2) is 6.07. The molecule has 2 heterocycles. The summed E-state index contributed by atoms with van der Waals surface area (Å²) in [5.41, 5.74) is 0. The van der Waals surface area contributed by atoms with E-state index in [9.17, 15) is 18.0 Å². The van der Waals surface area contributed by atoms with Gasteiger partial charge in [0.05, 0.1) is 4.90 Å². The first-order valence-corrected chi connectivity index (χ1v) is 9.92. The standard InChI is InChI=1S/C18H19N3O4S/c1-12-18(23)21-9-8-20(11-16(21)17(22)19-12)26(24,25)15-7-6-13-4-2-3-5-14(13)10-15/h2-7,10,12,16H,8-9,11H2,1H3,(H,19,22)/t12-,16+/m0/s1. The molecular weight excluding hydrogens is 354 g/mol. The van der Waals surface area contributed by atoms with Crippen LogP contribution in [0.3, 0.4) is 0 Å². The summed E-state index contributed by atoms with van der Waals surface area (Å²) in [6.07, 6.45) is 0. The lowest BCUT2D eigenvalue weighted by atomic mass is 10.1. The number of fused-ring (bicyclic) bond motifs is 2. The molecule has 0 bridgehead atoms. The van der Waals surface area contributed by atoms with E-state index in [1.54, 1.807) is 25.1 Å². The molecule has 2 fully saturated rings. The maximum Gasteiger partial charge on any atom is 0.245 e. The highest BCUT2D eigenvalue weighted by atomic mass is 32.2. The first kappa shape index (κ1) is 17.0. The quantitative estimate of drug-likeness (QED) is 0.833. The number of carbonyl (C=O) groups is 2. The SMILES string of the molecule is C[C@@H]1NC(=O)[C@H]2CN(S(=O)(=O)c3ccc4ccccc4c3)CCN2C1=O. The molecule has 0 radical (unpaired) electrons. The molecule has 0 saturated carbocycles. The van der Waals surface area contributed by atoms with Gasteiger partial charge in [0.2, 0.25) is 21.8 Å². The van der Waals surface area contributed by atoms with Gasteiger partial charge in [0, 0.05) is 19.6 Å². The smallest absolute Gasteiger partial charge is 0.245 e. The Morgan fingerprint density at radius 2 is 1.77 bits per heavy atom. The molecule has 2 aliphatic heterocycles. The minimum absolute atomic E-state index is 0.0283. The van der Waals surface area contributed by atoms with Crippen LogP contribution < -0.4 is 5.32 Å². The molecule has 0 aliphatic carbocycles. The van der Waals surface area contributed by atoms with Gasteiger partial charge in [-0.25, -0.2) is 8.42 Å². The van der Waals surface area contributed by atoms with Crippen LogP contribution in [0.2, 0.25) is 0 Å². The van der Waals surface area contributed by atoms with Gasteiger partial charge < -0.3 is 10.2 Å². The van der Waals surface area contributed by atoms with Gasteiger partial charge in [0.15, 0.2) is 0 Å². The number of nitrogens with one attached hydrogen (secondary N) is 1. The summed E-state index contributed by atoms with van der Waals surface area (Å²) in [6, 6.07) is 11.2. The van der Waals surface area contributed by atoms with Gasteiger partial charge in [-0.05, 0) is 29.8 Å². The first-order chi connectivity index (χ1) is 12.4. The summed E-state index contributed by atoms with van der Waals surface area (Å²) in [6.45, 7) is 2.00. The number of piperazine rings is 2. The van der Waals surface area contributed by atoms with Crippen molar-refractivity contribution in [2.75, 3.05) is 19.6 Å². The van der Waals surface area contributed by atoms with Crippen LogP contribution in [0.15, 0.2) is 47.4 Å². The zero-order chi connectivity index (χ0) is 18.5. The van der Waals surface area contributed by atoms with Crippen molar-refractivity contribution < 1.29 is 18.0 Å². The van der Waals surface area contributed by atoms with Crippen LogP contribution in [0.5, 0.6) is 0 Å². The summed E-state index contributed by atoms with van der Waals surface area (Å²) in [5.74, 6) is -0.479. The molecule has 7 nitrogen and oxygen atoms in total. The van der Waals surface area contributed by atoms with Gasteiger partial charge in [-0.15, -0.1) is 0 Å². The van der Waals surface area contributed by atoms with E-state index in [-0.39, 0.29) is 36.3 Å². The molecule has 0 aromatic heterocycles. The highest BCUT2D eigenvalue weighted by molar-refractivity contribution is 7.89. The van der Waals surface area contributed by atoms with E-state index in [0.29, 0.717) is 0 Å². The van der Waals surface area contributed by atoms with Crippen molar-refractivity contribution in [1.82, 2.24) is 14.5 Å². The number of sulfonamides is 1. The van der Waals surface area contributed by atoms with Crippen LogP contribution in [0.25, 0.3) is 10.8 Å². The van der Waals surface area contributed by atoms with Gasteiger partial charge >= 0.3 is 0 Å². The minimum atomic E-state index is -3.74. The molecule has 8 heteroatoms.